The molecule has 0 radical (unpaired) electrons. The molecule has 0 unspecified atom stereocenters. The molecule has 0 aliphatic heterocycles. The van der Waals surface area contributed by atoms with Crippen LogP contribution < -0.4 is 4.74 Å². The van der Waals surface area contributed by atoms with Gasteiger partial charge >= 0.3 is 0 Å². The van der Waals surface area contributed by atoms with E-state index in [1.165, 1.54) is 5.56 Å². The highest BCUT2D eigenvalue weighted by Gasteiger charge is 2.17. The highest BCUT2D eigenvalue weighted by molar-refractivity contribution is 5.68. The van der Waals surface area contributed by atoms with Gasteiger partial charge < -0.3 is 14.6 Å². The molecule has 0 aliphatic carbocycles. The number of benzene rings is 3. The van der Waals surface area contributed by atoms with Crippen LogP contribution in [0, 0.1) is 6.92 Å². The Labute approximate surface area is 191 Å². The number of hydrogen-bond acceptors (Lipinski definition) is 3. The lowest BCUT2D eigenvalue weighted by Gasteiger charge is -2.24. The lowest BCUT2D eigenvalue weighted by Crippen LogP contribution is -2.30. The molecule has 3 rings (SSSR count). The molecule has 3 nitrogen and oxygen atoms in total. The van der Waals surface area contributed by atoms with Crippen molar-refractivity contribution in [2.75, 3.05) is 7.11 Å². The van der Waals surface area contributed by atoms with Crippen LogP contribution in [0.5, 0.6) is 11.5 Å². The van der Waals surface area contributed by atoms with Gasteiger partial charge in [0, 0.05) is 21.0 Å². The molecular formula is C29H30O3. The average Bonchev–Trinajstić information content (AvgIpc) is 2.79. The van der Waals surface area contributed by atoms with Gasteiger partial charge in [-0.1, -0.05) is 78.4 Å². The topological polar surface area (TPSA) is 38.7 Å². The van der Waals surface area contributed by atoms with Crippen LogP contribution in [0.3, 0.4) is 0 Å². The molecule has 3 aromatic rings. The maximum absolute atomic E-state index is 9.50. The third kappa shape index (κ3) is 7.29. The summed E-state index contributed by atoms with van der Waals surface area (Å²) in [5.41, 5.74) is 5.51. The van der Waals surface area contributed by atoms with E-state index < -0.39 is 5.79 Å². The van der Waals surface area contributed by atoms with E-state index in [9.17, 15) is 5.11 Å². The first-order valence-electron chi connectivity index (χ1n) is 10.6. The first-order valence-corrected chi connectivity index (χ1v) is 10.6. The number of hydrogen-bond donors (Lipinski definition) is 1. The van der Waals surface area contributed by atoms with Gasteiger partial charge in [-0.2, -0.15) is 0 Å². The normalized spacial score (nSPS) is 12.6. The molecular weight excluding hydrogens is 396 g/mol. The van der Waals surface area contributed by atoms with Gasteiger partial charge in [0.15, 0.2) is 0 Å². The monoisotopic (exact) mass is 426 g/mol. The van der Waals surface area contributed by atoms with E-state index >= 15 is 0 Å². The molecule has 164 valence electrons. The summed E-state index contributed by atoms with van der Waals surface area (Å²) in [4.78, 5) is 0. The van der Waals surface area contributed by atoms with Crippen LogP contribution in [0.4, 0.5) is 0 Å². The fourth-order valence-corrected chi connectivity index (χ4v) is 2.95. The van der Waals surface area contributed by atoms with Crippen molar-refractivity contribution in [3.63, 3.8) is 0 Å². The fraction of sp³-hybridized carbons (Fsp3) is 0.172. The Bertz CT molecular complexity index is 1030. The number of aryl methyl sites for hydroxylation is 1. The van der Waals surface area contributed by atoms with Gasteiger partial charge in [-0.15, -0.1) is 0 Å². The van der Waals surface area contributed by atoms with E-state index in [4.69, 9.17) is 9.47 Å². The summed E-state index contributed by atoms with van der Waals surface area (Å²) in [7, 11) is 1.63. The Hall–Kier alpha value is -3.56. The van der Waals surface area contributed by atoms with Crippen molar-refractivity contribution in [2.45, 2.75) is 26.6 Å². The van der Waals surface area contributed by atoms with Gasteiger partial charge in [0.05, 0.1) is 0 Å². The van der Waals surface area contributed by atoms with E-state index in [1.807, 2.05) is 56.3 Å². The van der Waals surface area contributed by atoms with Gasteiger partial charge in [0.2, 0.25) is 5.79 Å². The summed E-state index contributed by atoms with van der Waals surface area (Å²) in [6.07, 6.45) is 10.4. The molecule has 32 heavy (non-hydrogen) atoms. The molecule has 0 aliphatic rings. The van der Waals surface area contributed by atoms with Crippen molar-refractivity contribution in [1.29, 1.82) is 0 Å². The molecule has 0 spiro atoms. The second-order valence-electron chi connectivity index (χ2n) is 8.09. The lowest BCUT2D eigenvalue weighted by atomic mass is 10.1. The van der Waals surface area contributed by atoms with Crippen molar-refractivity contribution in [3.05, 3.63) is 113 Å². The summed E-state index contributed by atoms with van der Waals surface area (Å²) in [6, 6.07) is 23.5. The molecule has 0 atom stereocenters. The van der Waals surface area contributed by atoms with Crippen LogP contribution >= 0.6 is 0 Å². The summed E-state index contributed by atoms with van der Waals surface area (Å²) in [5, 5.41) is 9.50. The number of allylic oxidation sites excluding steroid dienone is 3. The third-order valence-corrected chi connectivity index (χ3v) is 4.98. The van der Waals surface area contributed by atoms with Gasteiger partial charge in [-0.05, 0) is 59.5 Å². The Morgan fingerprint density at radius 1 is 0.750 bits per heavy atom. The van der Waals surface area contributed by atoms with Crippen molar-refractivity contribution in [2.24, 2.45) is 0 Å². The Morgan fingerprint density at radius 2 is 1.25 bits per heavy atom. The van der Waals surface area contributed by atoms with Crippen molar-refractivity contribution in [1.82, 2.24) is 0 Å². The smallest absolute Gasteiger partial charge is 0.204 e. The van der Waals surface area contributed by atoms with Crippen LogP contribution in [-0.4, -0.2) is 18.0 Å². The van der Waals surface area contributed by atoms with Gasteiger partial charge in [0.1, 0.15) is 11.5 Å². The van der Waals surface area contributed by atoms with E-state index in [1.54, 1.807) is 19.2 Å². The number of phenolic OH excluding ortho intramolecular Hbond substituents is 1. The van der Waals surface area contributed by atoms with E-state index in [0.29, 0.717) is 0 Å². The number of ether oxygens (including phenoxy) is 2. The second-order valence-corrected chi connectivity index (χ2v) is 8.09. The first-order chi connectivity index (χ1) is 15.3. The molecule has 0 aromatic heterocycles. The minimum Gasteiger partial charge on any atom is -0.508 e. The Balaban J connectivity index is 1.85. The minimum absolute atomic E-state index is 0.260. The zero-order chi connectivity index (χ0) is 23.0. The zero-order valence-corrected chi connectivity index (χ0v) is 19.1. The first kappa shape index (κ1) is 23.1. The molecule has 0 heterocycles. The highest BCUT2D eigenvalue weighted by Crippen LogP contribution is 2.21. The molecule has 3 aromatic carbocycles. The maximum atomic E-state index is 9.50. The van der Waals surface area contributed by atoms with Crippen LogP contribution in [0.15, 0.2) is 90.5 Å². The molecule has 0 saturated heterocycles. The predicted molar refractivity (Wildman–Crippen MR) is 133 cm³/mol. The largest absolute Gasteiger partial charge is 0.508 e. The van der Waals surface area contributed by atoms with Crippen molar-refractivity contribution >= 4 is 18.2 Å². The predicted octanol–water partition coefficient (Wildman–Crippen LogP) is 7.27. The number of aromatic hydroxyl groups is 1. The molecule has 0 amide bonds. The van der Waals surface area contributed by atoms with Gasteiger partial charge in [0.25, 0.3) is 0 Å². The van der Waals surface area contributed by atoms with Crippen molar-refractivity contribution < 1.29 is 14.6 Å². The Morgan fingerprint density at radius 3 is 1.78 bits per heavy atom. The number of methoxy groups -OCH3 is 1. The number of rotatable bonds is 8. The quantitative estimate of drug-likeness (QED) is 0.304. The SMILES string of the molecule is COC(C)(C)Oc1ccc(C=C(C=Cc2ccc(C)cc2)C=Cc2ccc(O)cc2)cc1. The average molecular weight is 427 g/mol. The lowest BCUT2D eigenvalue weighted by molar-refractivity contribution is -0.134. The molecule has 0 fully saturated rings. The summed E-state index contributed by atoms with van der Waals surface area (Å²) < 4.78 is 11.2. The van der Waals surface area contributed by atoms with Crippen LogP contribution in [0.25, 0.3) is 18.2 Å². The van der Waals surface area contributed by atoms with Gasteiger partial charge in [-0.25, -0.2) is 0 Å². The zero-order valence-electron chi connectivity index (χ0n) is 19.1. The van der Waals surface area contributed by atoms with E-state index in [0.717, 1.165) is 28.0 Å². The summed E-state index contributed by atoms with van der Waals surface area (Å²) in [5.74, 6) is 0.341. The van der Waals surface area contributed by atoms with Crippen LogP contribution in [-0.2, 0) is 4.74 Å². The standard InChI is InChI=1S/C29H30O3/c1-22-5-7-23(8-6-22)9-11-25(12-10-24-13-17-27(30)18-14-24)21-26-15-19-28(20-16-26)32-29(2,3)31-4/h5-21,30H,1-4H3. The van der Waals surface area contributed by atoms with E-state index in [-0.39, 0.29) is 5.75 Å². The molecule has 1 N–H and O–H groups in total. The highest BCUT2D eigenvalue weighted by atomic mass is 16.7. The van der Waals surface area contributed by atoms with Crippen molar-refractivity contribution in [3.8, 4) is 11.5 Å². The summed E-state index contributed by atoms with van der Waals surface area (Å²) in [6.45, 7) is 5.84. The summed E-state index contributed by atoms with van der Waals surface area (Å²) >= 11 is 0. The molecule has 0 saturated carbocycles. The third-order valence-electron chi connectivity index (χ3n) is 4.98. The number of phenols is 1. The van der Waals surface area contributed by atoms with Crippen LogP contribution in [0.1, 0.15) is 36.1 Å². The molecule has 0 bridgehead atoms. The maximum Gasteiger partial charge on any atom is 0.204 e. The minimum atomic E-state index is -0.674. The van der Waals surface area contributed by atoms with Gasteiger partial charge in [-0.3, -0.25) is 0 Å². The molecule has 3 heteroatoms. The fourth-order valence-electron chi connectivity index (χ4n) is 2.95. The second kappa shape index (κ2) is 10.7. The van der Waals surface area contributed by atoms with E-state index in [2.05, 4.69) is 55.5 Å². The van der Waals surface area contributed by atoms with Crippen LogP contribution in [0.2, 0.25) is 0 Å². The Kier molecular flexibility index (Phi) is 7.69.